The average molecular weight is 440 g/mol. The topological polar surface area (TPSA) is 52.7 Å². The molecule has 1 saturated heterocycles. The van der Waals surface area contributed by atoms with Crippen molar-refractivity contribution in [1.82, 2.24) is 10.2 Å². The summed E-state index contributed by atoms with van der Waals surface area (Å²) in [6.07, 6.45) is 0.830. The second kappa shape index (κ2) is 10.5. The maximum Gasteiger partial charge on any atom is 0.416 e. The lowest BCUT2D eigenvalue weighted by molar-refractivity contribution is -0.137. The second-order valence-electron chi connectivity index (χ2n) is 8.83. The molecule has 3 rings (SSSR count). The molecule has 0 spiro atoms. The van der Waals surface area contributed by atoms with Crippen molar-refractivity contribution in [2.75, 3.05) is 37.6 Å². The number of hydrogen-bond acceptors (Lipinski definition) is 4. The Morgan fingerprint density at radius 1 is 1.06 bits per heavy atom. The summed E-state index contributed by atoms with van der Waals surface area (Å²) in [5.41, 5.74) is 0.0418. The lowest BCUT2D eigenvalue weighted by Gasteiger charge is -2.37. The van der Waals surface area contributed by atoms with Crippen LogP contribution >= 0.6 is 0 Å². The van der Waals surface area contributed by atoms with Crippen molar-refractivity contribution in [3.63, 3.8) is 0 Å². The highest BCUT2D eigenvalue weighted by molar-refractivity contribution is 5.96. The van der Waals surface area contributed by atoms with Gasteiger partial charge in [0.2, 0.25) is 5.91 Å². The molecule has 31 heavy (non-hydrogen) atoms. The highest BCUT2D eigenvalue weighted by atomic mass is 19.4. The predicted molar refractivity (Wildman–Crippen MR) is 114 cm³/mol. The number of piperazine rings is 1. The van der Waals surface area contributed by atoms with E-state index in [1.54, 1.807) is 6.07 Å². The van der Waals surface area contributed by atoms with E-state index in [4.69, 9.17) is 0 Å². The zero-order chi connectivity index (χ0) is 22.4. The standard InChI is InChI=1S/C23H32F3N3O2/c1-17(30)15-22(31)27-20-7-5-18(6-8-20)9-10-28-11-13-29(14-12-28)21-4-2-3-19(16-21)23(24,25)26/h2-4,16,18,20H,5-15H2,1H3,(H,27,31). The van der Waals surface area contributed by atoms with Gasteiger partial charge in [0.05, 0.1) is 12.0 Å². The van der Waals surface area contributed by atoms with Gasteiger partial charge in [0.25, 0.3) is 0 Å². The highest BCUT2D eigenvalue weighted by Gasteiger charge is 2.31. The van der Waals surface area contributed by atoms with E-state index < -0.39 is 11.7 Å². The molecule has 0 aromatic heterocycles. The largest absolute Gasteiger partial charge is 0.416 e. The molecule has 1 heterocycles. The number of amides is 1. The maximum absolute atomic E-state index is 12.9. The molecule has 0 bridgehead atoms. The van der Waals surface area contributed by atoms with E-state index in [2.05, 4.69) is 10.2 Å². The smallest absolute Gasteiger partial charge is 0.369 e. The number of nitrogens with one attached hydrogen (secondary N) is 1. The molecular weight excluding hydrogens is 407 g/mol. The molecule has 0 radical (unpaired) electrons. The lowest BCUT2D eigenvalue weighted by atomic mass is 9.84. The first kappa shape index (κ1) is 23.6. The van der Waals surface area contributed by atoms with Crippen molar-refractivity contribution in [1.29, 1.82) is 0 Å². The SMILES string of the molecule is CC(=O)CC(=O)NC1CCC(CCN2CCN(c3cccc(C(F)(F)F)c3)CC2)CC1. The first-order chi connectivity index (χ1) is 14.7. The van der Waals surface area contributed by atoms with Crippen LogP contribution in [0.25, 0.3) is 0 Å². The molecule has 1 aliphatic heterocycles. The van der Waals surface area contributed by atoms with Crippen molar-refractivity contribution in [2.24, 2.45) is 5.92 Å². The minimum atomic E-state index is -4.31. The number of benzene rings is 1. The summed E-state index contributed by atoms with van der Waals surface area (Å²) in [6.45, 7) is 5.60. The van der Waals surface area contributed by atoms with Crippen molar-refractivity contribution < 1.29 is 22.8 Å². The van der Waals surface area contributed by atoms with Gasteiger partial charge in [-0.25, -0.2) is 0 Å². The van der Waals surface area contributed by atoms with Gasteiger partial charge in [-0.3, -0.25) is 14.5 Å². The fourth-order valence-electron chi connectivity index (χ4n) is 4.57. The number of ketones is 1. The number of nitrogens with zero attached hydrogens (tertiary/aromatic N) is 2. The Morgan fingerprint density at radius 3 is 2.35 bits per heavy atom. The molecule has 1 saturated carbocycles. The number of anilines is 1. The van der Waals surface area contributed by atoms with Crippen molar-refractivity contribution in [2.45, 2.75) is 57.7 Å². The zero-order valence-corrected chi connectivity index (χ0v) is 18.1. The van der Waals surface area contributed by atoms with Gasteiger partial charge in [0.1, 0.15) is 5.78 Å². The Hall–Kier alpha value is -2.09. The molecule has 0 atom stereocenters. The van der Waals surface area contributed by atoms with Crippen LogP contribution in [0.4, 0.5) is 18.9 Å². The number of rotatable bonds is 7. The van der Waals surface area contributed by atoms with Crippen molar-refractivity contribution in [3.8, 4) is 0 Å². The molecule has 8 heteroatoms. The molecule has 2 aliphatic rings. The molecule has 1 aromatic carbocycles. The quantitative estimate of drug-likeness (QED) is 0.656. The lowest BCUT2D eigenvalue weighted by Crippen LogP contribution is -2.47. The zero-order valence-electron chi connectivity index (χ0n) is 18.1. The van der Waals surface area contributed by atoms with Crippen molar-refractivity contribution >= 4 is 17.4 Å². The van der Waals surface area contributed by atoms with Crippen LogP contribution in [-0.2, 0) is 15.8 Å². The van der Waals surface area contributed by atoms with Crippen molar-refractivity contribution in [3.05, 3.63) is 29.8 Å². The number of carbonyl (C=O) groups is 2. The van der Waals surface area contributed by atoms with E-state index in [0.29, 0.717) is 11.6 Å². The monoisotopic (exact) mass is 439 g/mol. The predicted octanol–water partition coefficient (Wildman–Crippen LogP) is 3.87. The van der Waals surface area contributed by atoms with E-state index in [1.165, 1.54) is 19.1 Å². The van der Waals surface area contributed by atoms with Crippen LogP contribution in [-0.4, -0.2) is 55.4 Å². The molecule has 5 nitrogen and oxygen atoms in total. The van der Waals surface area contributed by atoms with Crippen LogP contribution in [0.1, 0.15) is 51.0 Å². The molecule has 1 aliphatic carbocycles. The molecule has 1 N–H and O–H groups in total. The van der Waals surface area contributed by atoms with Crippen LogP contribution < -0.4 is 10.2 Å². The molecule has 0 unspecified atom stereocenters. The molecule has 2 fully saturated rings. The van der Waals surface area contributed by atoms with E-state index in [0.717, 1.165) is 70.9 Å². The fourth-order valence-corrected chi connectivity index (χ4v) is 4.57. The minimum Gasteiger partial charge on any atom is -0.369 e. The Kier molecular flexibility index (Phi) is 7.97. The van der Waals surface area contributed by atoms with Crippen LogP contribution in [0.2, 0.25) is 0 Å². The van der Waals surface area contributed by atoms with E-state index in [-0.39, 0.29) is 24.2 Å². The van der Waals surface area contributed by atoms with E-state index in [1.807, 2.05) is 4.90 Å². The molecule has 1 aromatic rings. The average Bonchev–Trinajstić information content (AvgIpc) is 2.72. The summed E-state index contributed by atoms with van der Waals surface area (Å²) in [5, 5.41) is 2.96. The van der Waals surface area contributed by atoms with Gasteiger partial charge < -0.3 is 10.2 Å². The number of Topliss-reactive ketones (excluding diaryl/α,β-unsaturated/α-hetero) is 1. The van der Waals surface area contributed by atoms with Crippen LogP contribution in [0.5, 0.6) is 0 Å². The Labute approximate surface area is 182 Å². The molecular formula is C23H32F3N3O2. The minimum absolute atomic E-state index is 0.0353. The third-order valence-electron chi connectivity index (χ3n) is 6.39. The van der Waals surface area contributed by atoms with Crippen LogP contribution in [0, 0.1) is 5.92 Å². The molecule has 1 amide bonds. The highest BCUT2D eigenvalue weighted by Crippen LogP contribution is 2.32. The van der Waals surface area contributed by atoms with Gasteiger partial charge in [-0.05, 0) is 69.7 Å². The fraction of sp³-hybridized carbons (Fsp3) is 0.652. The maximum atomic E-state index is 12.9. The summed E-state index contributed by atoms with van der Waals surface area (Å²) in [5.74, 6) is 0.358. The van der Waals surface area contributed by atoms with Gasteiger partial charge in [-0.15, -0.1) is 0 Å². The summed E-state index contributed by atoms with van der Waals surface area (Å²) >= 11 is 0. The summed E-state index contributed by atoms with van der Waals surface area (Å²) in [4.78, 5) is 27.2. The second-order valence-corrected chi connectivity index (χ2v) is 8.83. The summed E-state index contributed by atoms with van der Waals surface area (Å²) in [7, 11) is 0. The number of alkyl halides is 3. The van der Waals surface area contributed by atoms with Gasteiger partial charge in [0, 0.05) is 37.9 Å². The first-order valence-corrected chi connectivity index (χ1v) is 11.1. The third kappa shape index (κ3) is 7.23. The van der Waals surface area contributed by atoms with Gasteiger partial charge in [0.15, 0.2) is 0 Å². The Morgan fingerprint density at radius 2 is 1.74 bits per heavy atom. The normalized spacial score (nSPS) is 22.9. The van der Waals surface area contributed by atoms with E-state index >= 15 is 0 Å². The number of halogens is 3. The van der Waals surface area contributed by atoms with Crippen LogP contribution in [0.15, 0.2) is 24.3 Å². The summed E-state index contributed by atoms with van der Waals surface area (Å²) < 4.78 is 38.8. The third-order valence-corrected chi connectivity index (χ3v) is 6.39. The van der Waals surface area contributed by atoms with Gasteiger partial charge in [-0.1, -0.05) is 6.07 Å². The van der Waals surface area contributed by atoms with Gasteiger partial charge in [-0.2, -0.15) is 13.2 Å². The Balaban J connectivity index is 1.36. The first-order valence-electron chi connectivity index (χ1n) is 11.1. The number of carbonyl (C=O) groups excluding carboxylic acids is 2. The molecule has 172 valence electrons. The van der Waals surface area contributed by atoms with Crippen LogP contribution in [0.3, 0.4) is 0 Å². The van der Waals surface area contributed by atoms with E-state index in [9.17, 15) is 22.8 Å². The summed E-state index contributed by atoms with van der Waals surface area (Å²) in [6, 6.07) is 5.76. The van der Waals surface area contributed by atoms with Gasteiger partial charge >= 0.3 is 6.18 Å². The Bertz CT molecular complexity index is 753. The number of hydrogen-bond donors (Lipinski definition) is 1.